The highest BCUT2D eigenvalue weighted by atomic mass is 35.5. The summed E-state index contributed by atoms with van der Waals surface area (Å²) in [7, 11) is 0. The van der Waals surface area contributed by atoms with Crippen LogP contribution in [0.3, 0.4) is 0 Å². The smallest absolute Gasteiger partial charge is 0.161 e. The lowest BCUT2D eigenvalue weighted by Gasteiger charge is -2.19. The Morgan fingerprint density at radius 3 is 2.71 bits per heavy atom. The lowest BCUT2D eigenvalue weighted by atomic mass is 10.1. The Kier molecular flexibility index (Phi) is 4.06. The summed E-state index contributed by atoms with van der Waals surface area (Å²) in [6.45, 7) is 1.99. The van der Waals surface area contributed by atoms with Gasteiger partial charge in [0, 0.05) is 11.6 Å². The first-order valence-corrected chi connectivity index (χ1v) is 7.27. The van der Waals surface area contributed by atoms with Gasteiger partial charge in [0.2, 0.25) is 0 Å². The quantitative estimate of drug-likeness (QED) is 0.851. The average molecular weight is 305 g/mol. The number of anilines is 2. The van der Waals surface area contributed by atoms with Crippen LogP contribution in [0.4, 0.5) is 11.4 Å². The molecule has 0 saturated carbocycles. The van der Waals surface area contributed by atoms with E-state index in [4.69, 9.17) is 26.8 Å². The van der Waals surface area contributed by atoms with Crippen molar-refractivity contribution in [1.82, 2.24) is 0 Å². The summed E-state index contributed by atoms with van der Waals surface area (Å²) in [5, 5.41) is 3.97. The van der Waals surface area contributed by atoms with Crippen LogP contribution in [-0.4, -0.2) is 19.8 Å². The monoisotopic (exact) mass is 304 g/mol. The Labute approximate surface area is 128 Å². The molecule has 1 heterocycles. The van der Waals surface area contributed by atoms with E-state index in [0.29, 0.717) is 23.9 Å². The number of rotatable bonds is 4. The van der Waals surface area contributed by atoms with Crippen molar-refractivity contribution >= 4 is 23.0 Å². The van der Waals surface area contributed by atoms with E-state index in [1.807, 2.05) is 18.2 Å². The van der Waals surface area contributed by atoms with Gasteiger partial charge in [-0.1, -0.05) is 17.7 Å². The molecule has 2 aromatic rings. The van der Waals surface area contributed by atoms with Gasteiger partial charge in [0.1, 0.15) is 13.2 Å². The molecule has 0 spiro atoms. The molecule has 3 rings (SSSR count). The van der Waals surface area contributed by atoms with Gasteiger partial charge >= 0.3 is 0 Å². The molecule has 0 bridgehead atoms. The molecule has 0 aliphatic carbocycles. The minimum atomic E-state index is 0.605. The first kappa shape index (κ1) is 13.9. The van der Waals surface area contributed by atoms with E-state index < -0.39 is 0 Å². The zero-order valence-corrected chi connectivity index (χ0v) is 12.3. The minimum absolute atomic E-state index is 0.605. The van der Waals surface area contributed by atoms with E-state index >= 15 is 0 Å². The van der Waals surface area contributed by atoms with Crippen LogP contribution in [0.2, 0.25) is 5.02 Å². The van der Waals surface area contributed by atoms with Crippen molar-refractivity contribution < 1.29 is 9.47 Å². The molecule has 4 nitrogen and oxygen atoms in total. The zero-order valence-electron chi connectivity index (χ0n) is 11.6. The van der Waals surface area contributed by atoms with Crippen molar-refractivity contribution in [2.24, 2.45) is 0 Å². The fourth-order valence-electron chi connectivity index (χ4n) is 2.27. The number of hydrogen-bond donors (Lipinski definition) is 2. The molecule has 1 aliphatic heterocycles. The number of hydrogen-bond acceptors (Lipinski definition) is 4. The van der Waals surface area contributed by atoms with Crippen molar-refractivity contribution in [3.8, 4) is 11.5 Å². The first-order valence-electron chi connectivity index (χ1n) is 6.90. The molecule has 21 heavy (non-hydrogen) atoms. The van der Waals surface area contributed by atoms with Gasteiger partial charge in [-0.3, -0.25) is 0 Å². The van der Waals surface area contributed by atoms with Crippen LogP contribution in [0.5, 0.6) is 11.5 Å². The highest BCUT2D eigenvalue weighted by Gasteiger charge is 2.11. The van der Waals surface area contributed by atoms with Crippen molar-refractivity contribution in [3.05, 3.63) is 47.0 Å². The molecule has 110 valence electrons. The molecule has 0 unspecified atom stereocenters. The molecule has 5 heteroatoms. The van der Waals surface area contributed by atoms with Crippen LogP contribution >= 0.6 is 11.6 Å². The van der Waals surface area contributed by atoms with Gasteiger partial charge in [0.05, 0.1) is 11.4 Å². The summed E-state index contributed by atoms with van der Waals surface area (Å²) in [6, 6.07) is 11.4. The molecular formula is C16H17ClN2O2. The maximum Gasteiger partial charge on any atom is 0.161 e. The van der Waals surface area contributed by atoms with Gasteiger partial charge in [-0.25, -0.2) is 0 Å². The van der Waals surface area contributed by atoms with E-state index in [0.717, 1.165) is 30.2 Å². The van der Waals surface area contributed by atoms with E-state index in [1.165, 1.54) is 5.56 Å². The number of halogens is 1. The van der Waals surface area contributed by atoms with Crippen LogP contribution in [0.25, 0.3) is 0 Å². The number of benzene rings is 2. The largest absolute Gasteiger partial charge is 0.486 e. The summed E-state index contributed by atoms with van der Waals surface area (Å²) >= 11 is 5.97. The lowest BCUT2D eigenvalue weighted by Crippen LogP contribution is -2.15. The summed E-state index contributed by atoms with van der Waals surface area (Å²) in [5.41, 5.74) is 8.65. The predicted molar refractivity (Wildman–Crippen MR) is 85.5 cm³/mol. The Morgan fingerprint density at radius 2 is 1.86 bits per heavy atom. The van der Waals surface area contributed by atoms with Gasteiger partial charge in [-0.15, -0.1) is 0 Å². The Morgan fingerprint density at radius 1 is 1.05 bits per heavy atom. The summed E-state index contributed by atoms with van der Waals surface area (Å²) in [6.07, 6.45) is 0.864. The number of fused-ring (bicyclic) bond motifs is 1. The van der Waals surface area contributed by atoms with Crippen molar-refractivity contribution in [2.75, 3.05) is 30.8 Å². The molecule has 0 fully saturated rings. The van der Waals surface area contributed by atoms with E-state index in [9.17, 15) is 0 Å². The second-order valence-electron chi connectivity index (χ2n) is 4.89. The Hall–Kier alpha value is -2.07. The van der Waals surface area contributed by atoms with Gasteiger partial charge in [-0.05, 0) is 42.3 Å². The fraction of sp³-hybridized carbons (Fsp3) is 0.250. The maximum absolute atomic E-state index is 5.97. The maximum atomic E-state index is 5.97. The minimum Gasteiger partial charge on any atom is -0.486 e. The van der Waals surface area contributed by atoms with Gasteiger partial charge in [0.25, 0.3) is 0 Å². The molecule has 0 saturated heterocycles. The number of ether oxygens (including phenoxy) is 2. The SMILES string of the molecule is Nc1ccc(Cl)cc1NCCc1ccc2c(c1)OCCO2. The van der Waals surface area contributed by atoms with Crippen molar-refractivity contribution in [1.29, 1.82) is 0 Å². The third-order valence-corrected chi connectivity index (χ3v) is 3.59. The Balaban J connectivity index is 1.61. The summed E-state index contributed by atoms with van der Waals surface area (Å²) in [4.78, 5) is 0. The normalized spacial score (nSPS) is 13.0. The molecule has 0 atom stereocenters. The van der Waals surface area contributed by atoms with Crippen LogP contribution < -0.4 is 20.5 Å². The van der Waals surface area contributed by atoms with Crippen LogP contribution in [0, 0.1) is 0 Å². The number of nitrogens with one attached hydrogen (secondary N) is 1. The molecule has 3 N–H and O–H groups in total. The third-order valence-electron chi connectivity index (χ3n) is 3.35. The summed E-state index contributed by atoms with van der Waals surface area (Å²) in [5.74, 6) is 1.64. The van der Waals surface area contributed by atoms with Crippen molar-refractivity contribution in [3.63, 3.8) is 0 Å². The molecule has 1 aliphatic rings. The van der Waals surface area contributed by atoms with Gasteiger partial charge in [0.15, 0.2) is 11.5 Å². The van der Waals surface area contributed by atoms with E-state index in [2.05, 4.69) is 11.4 Å². The fourth-order valence-corrected chi connectivity index (χ4v) is 2.44. The number of nitrogens with two attached hydrogens (primary N) is 1. The highest BCUT2D eigenvalue weighted by molar-refractivity contribution is 6.31. The average Bonchev–Trinajstić information content (AvgIpc) is 2.50. The third kappa shape index (κ3) is 3.34. The van der Waals surface area contributed by atoms with Crippen molar-refractivity contribution in [2.45, 2.75) is 6.42 Å². The number of nitrogen functional groups attached to an aromatic ring is 1. The first-order chi connectivity index (χ1) is 10.2. The molecule has 0 radical (unpaired) electrons. The topological polar surface area (TPSA) is 56.5 Å². The van der Waals surface area contributed by atoms with Crippen LogP contribution in [-0.2, 0) is 6.42 Å². The van der Waals surface area contributed by atoms with Gasteiger partial charge in [-0.2, -0.15) is 0 Å². The second-order valence-corrected chi connectivity index (χ2v) is 5.32. The molecule has 2 aromatic carbocycles. The van der Waals surface area contributed by atoms with Crippen LogP contribution in [0.1, 0.15) is 5.56 Å². The molecule has 0 aromatic heterocycles. The summed E-state index contributed by atoms with van der Waals surface area (Å²) < 4.78 is 11.1. The van der Waals surface area contributed by atoms with E-state index in [-0.39, 0.29) is 0 Å². The molecule has 0 amide bonds. The van der Waals surface area contributed by atoms with Gasteiger partial charge < -0.3 is 20.5 Å². The Bertz CT molecular complexity index is 646. The lowest BCUT2D eigenvalue weighted by molar-refractivity contribution is 0.171. The molecular weight excluding hydrogens is 288 g/mol. The standard InChI is InChI=1S/C16H17ClN2O2/c17-12-2-3-13(18)14(10-12)19-6-5-11-1-4-15-16(9-11)21-8-7-20-15/h1-4,9-10,19H,5-8,18H2. The van der Waals surface area contributed by atoms with Crippen LogP contribution in [0.15, 0.2) is 36.4 Å². The second kappa shape index (κ2) is 6.14. The predicted octanol–water partition coefficient (Wildman–Crippen LogP) is 3.35. The highest BCUT2D eigenvalue weighted by Crippen LogP contribution is 2.31. The van der Waals surface area contributed by atoms with E-state index in [1.54, 1.807) is 12.1 Å². The zero-order chi connectivity index (χ0) is 14.7.